The molecule has 1 aliphatic rings. The number of benzene rings is 1. The van der Waals surface area contributed by atoms with Gasteiger partial charge >= 0.3 is 5.97 Å². The molecule has 1 saturated carbocycles. The Morgan fingerprint density at radius 1 is 1.33 bits per heavy atom. The van der Waals surface area contributed by atoms with Gasteiger partial charge in [-0.2, -0.15) is 0 Å². The van der Waals surface area contributed by atoms with Crippen LogP contribution in [0.15, 0.2) is 18.2 Å². The van der Waals surface area contributed by atoms with Crippen molar-refractivity contribution in [2.24, 2.45) is 5.92 Å². The van der Waals surface area contributed by atoms with E-state index < -0.39 is 5.97 Å². The maximum absolute atomic E-state index is 11.7. The number of carboxylic acids is 1. The SMILES string of the molecule is CNC(=O)c1ccc(Cl)c(NC2CCCC(C(=O)O)C2)c1. The first-order valence-corrected chi connectivity index (χ1v) is 7.40. The summed E-state index contributed by atoms with van der Waals surface area (Å²) in [5.74, 6) is -1.23. The van der Waals surface area contributed by atoms with E-state index in [1.165, 1.54) is 0 Å². The van der Waals surface area contributed by atoms with E-state index in [1.54, 1.807) is 25.2 Å². The average Bonchev–Trinajstić information content (AvgIpc) is 2.49. The third-order valence-electron chi connectivity index (χ3n) is 3.84. The lowest BCUT2D eigenvalue weighted by Gasteiger charge is -2.28. The molecule has 1 aliphatic carbocycles. The van der Waals surface area contributed by atoms with E-state index >= 15 is 0 Å². The molecule has 114 valence electrons. The molecule has 2 atom stereocenters. The second-order valence-electron chi connectivity index (χ2n) is 5.32. The molecule has 2 rings (SSSR count). The summed E-state index contributed by atoms with van der Waals surface area (Å²) >= 11 is 6.15. The van der Waals surface area contributed by atoms with Crippen LogP contribution < -0.4 is 10.6 Å². The number of hydrogen-bond acceptors (Lipinski definition) is 3. The van der Waals surface area contributed by atoms with Gasteiger partial charge in [-0.05, 0) is 37.5 Å². The third-order valence-corrected chi connectivity index (χ3v) is 4.17. The Bertz CT molecular complexity index is 548. The first-order chi connectivity index (χ1) is 10.0. The molecule has 2 unspecified atom stereocenters. The Labute approximate surface area is 128 Å². The summed E-state index contributed by atoms with van der Waals surface area (Å²) in [6.45, 7) is 0. The molecular formula is C15H19ClN2O3. The maximum atomic E-state index is 11.7. The minimum atomic E-state index is -0.744. The second kappa shape index (κ2) is 6.80. The van der Waals surface area contributed by atoms with Crippen molar-refractivity contribution in [3.05, 3.63) is 28.8 Å². The molecule has 21 heavy (non-hydrogen) atoms. The first-order valence-electron chi connectivity index (χ1n) is 7.02. The van der Waals surface area contributed by atoms with Gasteiger partial charge in [0.25, 0.3) is 5.91 Å². The van der Waals surface area contributed by atoms with Crippen molar-refractivity contribution < 1.29 is 14.7 Å². The molecule has 0 spiro atoms. The Hall–Kier alpha value is -1.75. The number of amides is 1. The van der Waals surface area contributed by atoms with Gasteiger partial charge in [0.15, 0.2) is 0 Å². The number of carbonyl (C=O) groups is 2. The van der Waals surface area contributed by atoms with Crippen LogP contribution in [0.2, 0.25) is 5.02 Å². The van der Waals surface area contributed by atoms with Gasteiger partial charge in [-0.25, -0.2) is 0 Å². The zero-order valence-electron chi connectivity index (χ0n) is 11.9. The number of halogens is 1. The highest BCUT2D eigenvalue weighted by Gasteiger charge is 2.27. The Morgan fingerprint density at radius 3 is 2.76 bits per heavy atom. The van der Waals surface area contributed by atoms with Crippen molar-refractivity contribution in [1.29, 1.82) is 0 Å². The fourth-order valence-corrected chi connectivity index (χ4v) is 2.86. The van der Waals surface area contributed by atoms with Gasteiger partial charge in [0, 0.05) is 18.7 Å². The summed E-state index contributed by atoms with van der Waals surface area (Å²) in [4.78, 5) is 22.7. The van der Waals surface area contributed by atoms with Gasteiger partial charge in [-0.3, -0.25) is 9.59 Å². The summed E-state index contributed by atoms with van der Waals surface area (Å²) in [5, 5.41) is 15.5. The largest absolute Gasteiger partial charge is 0.481 e. The standard InChI is InChI=1S/C15H19ClN2O3/c1-17-14(19)9-5-6-12(16)13(8-9)18-11-4-2-3-10(7-11)15(20)21/h5-6,8,10-11,18H,2-4,7H2,1H3,(H,17,19)(H,20,21). The lowest BCUT2D eigenvalue weighted by Crippen LogP contribution is -2.31. The smallest absolute Gasteiger partial charge is 0.306 e. The predicted octanol–water partition coefficient (Wildman–Crippen LogP) is 2.75. The average molecular weight is 311 g/mol. The number of carboxylic acid groups (broad SMARTS) is 1. The highest BCUT2D eigenvalue weighted by molar-refractivity contribution is 6.33. The number of hydrogen-bond donors (Lipinski definition) is 3. The third kappa shape index (κ3) is 3.88. The number of nitrogens with one attached hydrogen (secondary N) is 2. The van der Waals surface area contributed by atoms with Crippen LogP contribution in [0, 0.1) is 5.92 Å². The fraction of sp³-hybridized carbons (Fsp3) is 0.467. The molecule has 0 radical (unpaired) electrons. The van der Waals surface area contributed by atoms with Crippen molar-refractivity contribution in [3.8, 4) is 0 Å². The molecule has 0 saturated heterocycles. The van der Waals surface area contributed by atoms with Crippen molar-refractivity contribution in [2.45, 2.75) is 31.7 Å². The normalized spacial score (nSPS) is 21.6. The lowest BCUT2D eigenvalue weighted by molar-refractivity contribution is -0.142. The van der Waals surface area contributed by atoms with Gasteiger partial charge < -0.3 is 15.7 Å². The van der Waals surface area contributed by atoms with E-state index in [0.717, 1.165) is 19.3 Å². The Balaban J connectivity index is 2.11. The zero-order valence-corrected chi connectivity index (χ0v) is 12.6. The van der Waals surface area contributed by atoms with Gasteiger partial charge in [0.1, 0.15) is 0 Å². The van der Waals surface area contributed by atoms with Crippen molar-refractivity contribution in [3.63, 3.8) is 0 Å². The van der Waals surface area contributed by atoms with Crippen LogP contribution in [0.4, 0.5) is 5.69 Å². The van der Waals surface area contributed by atoms with Crippen LogP contribution in [-0.4, -0.2) is 30.1 Å². The van der Waals surface area contributed by atoms with E-state index in [9.17, 15) is 9.59 Å². The van der Waals surface area contributed by atoms with Crippen molar-refractivity contribution in [2.75, 3.05) is 12.4 Å². The molecule has 1 fully saturated rings. The van der Waals surface area contributed by atoms with Gasteiger partial charge in [0.2, 0.25) is 0 Å². The van der Waals surface area contributed by atoms with Crippen LogP contribution >= 0.6 is 11.6 Å². The molecule has 0 aromatic heterocycles. The van der Waals surface area contributed by atoms with Gasteiger partial charge in [-0.15, -0.1) is 0 Å². The fourth-order valence-electron chi connectivity index (χ4n) is 2.69. The molecule has 3 N–H and O–H groups in total. The van der Waals surface area contributed by atoms with E-state index in [1.807, 2.05) is 0 Å². The first kappa shape index (κ1) is 15.6. The molecule has 1 amide bonds. The van der Waals surface area contributed by atoms with Crippen LogP contribution in [-0.2, 0) is 4.79 Å². The Morgan fingerprint density at radius 2 is 2.10 bits per heavy atom. The second-order valence-corrected chi connectivity index (χ2v) is 5.72. The molecule has 0 bridgehead atoms. The van der Waals surface area contributed by atoms with E-state index in [4.69, 9.17) is 16.7 Å². The maximum Gasteiger partial charge on any atom is 0.306 e. The van der Waals surface area contributed by atoms with E-state index in [0.29, 0.717) is 22.7 Å². The van der Waals surface area contributed by atoms with Crippen LogP contribution in [0.3, 0.4) is 0 Å². The molecule has 6 heteroatoms. The van der Waals surface area contributed by atoms with Gasteiger partial charge in [0.05, 0.1) is 16.6 Å². The molecule has 1 aromatic carbocycles. The summed E-state index contributed by atoms with van der Waals surface area (Å²) in [7, 11) is 1.57. The van der Waals surface area contributed by atoms with E-state index in [2.05, 4.69) is 10.6 Å². The number of aliphatic carboxylic acids is 1. The van der Waals surface area contributed by atoms with Crippen molar-refractivity contribution >= 4 is 29.2 Å². The number of anilines is 1. The number of carbonyl (C=O) groups excluding carboxylic acids is 1. The summed E-state index contributed by atoms with van der Waals surface area (Å²) in [5.41, 5.74) is 1.20. The Kier molecular flexibility index (Phi) is 5.07. The molecule has 0 aliphatic heterocycles. The van der Waals surface area contributed by atoms with Crippen LogP contribution in [0.1, 0.15) is 36.0 Å². The predicted molar refractivity (Wildman–Crippen MR) is 81.8 cm³/mol. The zero-order chi connectivity index (χ0) is 15.4. The molecule has 0 heterocycles. The highest BCUT2D eigenvalue weighted by Crippen LogP contribution is 2.30. The lowest BCUT2D eigenvalue weighted by atomic mass is 9.85. The summed E-state index contributed by atoms with van der Waals surface area (Å²) in [6, 6.07) is 5.10. The topological polar surface area (TPSA) is 78.4 Å². The van der Waals surface area contributed by atoms with Gasteiger partial charge in [-0.1, -0.05) is 18.0 Å². The minimum Gasteiger partial charge on any atom is -0.481 e. The highest BCUT2D eigenvalue weighted by atomic mass is 35.5. The summed E-state index contributed by atoms with van der Waals surface area (Å²) < 4.78 is 0. The molecular weight excluding hydrogens is 292 g/mol. The molecule has 5 nitrogen and oxygen atoms in total. The quantitative estimate of drug-likeness (QED) is 0.799. The molecule has 1 aromatic rings. The minimum absolute atomic E-state index is 0.0669. The van der Waals surface area contributed by atoms with Crippen molar-refractivity contribution in [1.82, 2.24) is 5.32 Å². The van der Waals surface area contributed by atoms with E-state index in [-0.39, 0.29) is 17.9 Å². The van der Waals surface area contributed by atoms with Crippen LogP contribution in [0.5, 0.6) is 0 Å². The monoisotopic (exact) mass is 310 g/mol. The number of rotatable bonds is 4. The summed E-state index contributed by atoms with van der Waals surface area (Å²) in [6.07, 6.45) is 3.08. The van der Waals surface area contributed by atoms with Crippen LogP contribution in [0.25, 0.3) is 0 Å².